The molecule has 2 heteroatoms. The van der Waals surface area contributed by atoms with Crippen molar-refractivity contribution < 1.29 is 10.2 Å². The first-order valence-electron chi connectivity index (χ1n) is 9.30. The van der Waals surface area contributed by atoms with Gasteiger partial charge in [-0.25, -0.2) is 0 Å². The van der Waals surface area contributed by atoms with E-state index in [4.69, 9.17) is 0 Å². The molecule has 4 aliphatic carbocycles. The van der Waals surface area contributed by atoms with Gasteiger partial charge in [0.25, 0.3) is 0 Å². The Balaban J connectivity index is 1.67. The molecule has 0 aromatic carbocycles. The second kappa shape index (κ2) is 4.71. The van der Waals surface area contributed by atoms with Crippen LogP contribution in [-0.4, -0.2) is 22.4 Å². The number of rotatable bonds is 0. The van der Waals surface area contributed by atoms with Crippen LogP contribution >= 0.6 is 0 Å². The van der Waals surface area contributed by atoms with Crippen LogP contribution in [-0.2, 0) is 0 Å². The molecule has 4 saturated carbocycles. The maximum absolute atomic E-state index is 11.0. The maximum Gasteiger partial charge on any atom is 0.0581 e. The third kappa shape index (κ3) is 1.97. The van der Waals surface area contributed by atoms with Gasteiger partial charge in [-0.05, 0) is 85.9 Å². The van der Waals surface area contributed by atoms with Gasteiger partial charge >= 0.3 is 0 Å². The SMILES string of the molecule is C[C@@]12CCCC1[C@@H]1CC[C@@H]3C[C@H](O)CC[C@]3(C)C1[C@@H](O)C2. The van der Waals surface area contributed by atoms with Gasteiger partial charge in [-0.2, -0.15) is 0 Å². The van der Waals surface area contributed by atoms with Crippen LogP contribution in [0.2, 0.25) is 0 Å². The van der Waals surface area contributed by atoms with Crippen LogP contribution in [0.25, 0.3) is 0 Å². The Labute approximate surface area is 129 Å². The van der Waals surface area contributed by atoms with Crippen molar-refractivity contribution >= 4 is 0 Å². The molecular formula is C19H32O2. The quantitative estimate of drug-likeness (QED) is 0.714. The molecule has 0 spiro atoms. The second-order valence-electron chi connectivity index (χ2n) is 9.32. The third-order valence-electron chi connectivity index (χ3n) is 8.34. The molecule has 120 valence electrons. The molecule has 0 amide bonds. The Morgan fingerprint density at radius 2 is 1.76 bits per heavy atom. The van der Waals surface area contributed by atoms with Gasteiger partial charge in [0.2, 0.25) is 0 Å². The van der Waals surface area contributed by atoms with Gasteiger partial charge in [-0.3, -0.25) is 0 Å². The highest BCUT2D eigenvalue weighted by atomic mass is 16.3. The Bertz CT molecular complexity index is 422. The first-order chi connectivity index (χ1) is 9.94. The van der Waals surface area contributed by atoms with Crippen molar-refractivity contribution in [1.82, 2.24) is 0 Å². The van der Waals surface area contributed by atoms with Crippen LogP contribution in [0, 0.1) is 34.5 Å². The predicted molar refractivity (Wildman–Crippen MR) is 83.7 cm³/mol. The van der Waals surface area contributed by atoms with Crippen molar-refractivity contribution in [3.8, 4) is 0 Å². The molecule has 8 atom stereocenters. The van der Waals surface area contributed by atoms with E-state index in [2.05, 4.69) is 13.8 Å². The van der Waals surface area contributed by atoms with E-state index in [1.165, 1.54) is 32.1 Å². The number of hydrogen-bond donors (Lipinski definition) is 2. The van der Waals surface area contributed by atoms with Crippen LogP contribution < -0.4 is 0 Å². The lowest BCUT2D eigenvalue weighted by molar-refractivity contribution is -0.171. The van der Waals surface area contributed by atoms with E-state index in [1.807, 2.05) is 0 Å². The van der Waals surface area contributed by atoms with Crippen LogP contribution in [0.3, 0.4) is 0 Å². The van der Waals surface area contributed by atoms with Crippen molar-refractivity contribution in [2.75, 3.05) is 0 Å². The number of fused-ring (bicyclic) bond motifs is 5. The third-order valence-corrected chi connectivity index (χ3v) is 8.34. The van der Waals surface area contributed by atoms with E-state index in [0.29, 0.717) is 17.3 Å². The van der Waals surface area contributed by atoms with Crippen molar-refractivity contribution in [2.45, 2.75) is 83.8 Å². The molecule has 2 nitrogen and oxygen atoms in total. The van der Waals surface area contributed by atoms with Crippen molar-refractivity contribution in [3.63, 3.8) is 0 Å². The largest absolute Gasteiger partial charge is 0.393 e. The molecule has 2 unspecified atom stereocenters. The molecule has 0 heterocycles. The molecule has 21 heavy (non-hydrogen) atoms. The molecular weight excluding hydrogens is 260 g/mol. The summed E-state index contributed by atoms with van der Waals surface area (Å²) in [7, 11) is 0. The van der Waals surface area contributed by atoms with Crippen LogP contribution in [0.5, 0.6) is 0 Å². The zero-order valence-electron chi connectivity index (χ0n) is 13.7. The highest BCUT2D eigenvalue weighted by Gasteiger charge is 2.60. The molecule has 0 aliphatic heterocycles. The first kappa shape index (κ1) is 14.5. The Hall–Kier alpha value is -0.0800. The summed E-state index contributed by atoms with van der Waals surface area (Å²) >= 11 is 0. The monoisotopic (exact) mass is 292 g/mol. The molecule has 2 N–H and O–H groups in total. The summed E-state index contributed by atoms with van der Waals surface area (Å²) in [6, 6.07) is 0. The lowest BCUT2D eigenvalue weighted by Gasteiger charge is -2.61. The molecule has 0 saturated heterocycles. The van der Waals surface area contributed by atoms with Gasteiger partial charge in [0.05, 0.1) is 12.2 Å². The summed E-state index contributed by atoms with van der Waals surface area (Å²) in [5.41, 5.74) is 0.698. The standard InChI is InChI=1S/C19H32O2/c1-18-8-3-4-15(18)14-6-5-12-10-13(20)7-9-19(12,2)17(14)16(21)11-18/h12-17,20-21H,3-11H2,1-2H3/t12-,13-,14+,15?,16+,17?,18+,19+/m1/s1. The molecule has 0 aromatic rings. The van der Waals surface area contributed by atoms with Gasteiger partial charge < -0.3 is 10.2 Å². The minimum Gasteiger partial charge on any atom is -0.393 e. The zero-order valence-corrected chi connectivity index (χ0v) is 13.7. The fraction of sp³-hybridized carbons (Fsp3) is 1.00. The molecule has 0 aromatic heterocycles. The summed E-state index contributed by atoms with van der Waals surface area (Å²) in [4.78, 5) is 0. The minimum absolute atomic E-state index is 0.0860. The zero-order chi connectivity index (χ0) is 14.8. The predicted octanol–water partition coefficient (Wildman–Crippen LogP) is 3.75. The topological polar surface area (TPSA) is 40.5 Å². The fourth-order valence-electron chi connectivity index (χ4n) is 7.37. The van der Waals surface area contributed by atoms with Gasteiger partial charge in [-0.1, -0.05) is 20.3 Å². The fourth-order valence-corrected chi connectivity index (χ4v) is 7.37. The van der Waals surface area contributed by atoms with E-state index >= 15 is 0 Å². The van der Waals surface area contributed by atoms with Crippen LogP contribution in [0.15, 0.2) is 0 Å². The van der Waals surface area contributed by atoms with Crippen molar-refractivity contribution in [2.24, 2.45) is 34.5 Å². The summed E-state index contributed by atoms with van der Waals surface area (Å²) in [6.45, 7) is 4.89. The summed E-state index contributed by atoms with van der Waals surface area (Å²) in [6.07, 6.45) is 10.6. The molecule has 0 bridgehead atoms. The second-order valence-corrected chi connectivity index (χ2v) is 9.32. The van der Waals surface area contributed by atoms with Gasteiger partial charge in [0.15, 0.2) is 0 Å². The summed E-state index contributed by atoms with van der Waals surface area (Å²) in [5.74, 6) is 2.75. The maximum atomic E-state index is 11.0. The minimum atomic E-state index is -0.0996. The first-order valence-corrected chi connectivity index (χ1v) is 9.30. The van der Waals surface area contributed by atoms with E-state index < -0.39 is 0 Å². The highest BCUT2D eigenvalue weighted by molar-refractivity contribution is 5.10. The number of aliphatic hydroxyl groups excluding tert-OH is 2. The average Bonchev–Trinajstić information content (AvgIpc) is 2.80. The van der Waals surface area contributed by atoms with Gasteiger partial charge in [-0.15, -0.1) is 0 Å². The lowest BCUT2D eigenvalue weighted by Crippen LogP contribution is -2.58. The van der Waals surface area contributed by atoms with E-state index in [1.54, 1.807) is 0 Å². The Morgan fingerprint density at radius 3 is 2.57 bits per heavy atom. The van der Waals surface area contributed by atoms with E-state index in [-0.39, 0.29) is 17.6 Å². The normalized spacial score (nSPS) is 60.0. The van der Waals surface area contributed by atoms with E-state index in [9.17, 15) is 10.2 Å². The van der Waals surface area contributed by atoms with Gasteiger partial charge in [0.1, 0.15) is 0 Å². The average molecular weight is 292 g/mol. The highest BCUT2D eigenvalue weighted by Crippen LogP contribution is 2.66. The van der Waals surface area contributed by atoms with Gasteiger partial charge in [0, 0.05) is 0 Å². The molecule has 4 rings (SSSR count). The van der Waals surface area contributed by atoms with Crippen LogP contribution in [0.4, 0.5) is 0 Å². The number of hydrogen-bond acceptors (Lipinski definition) is 2. The van der Waals surface area contributed by atoms with Crippen LogP contribution in [0.1, 0.15) is 71.6 Å². The summed E-state index contributed by atoms with van der Waals surface area (Å²) < 4.78 is 0. The Kier molecular flexibility index (Phi) is 3.25. The molecule has 0 radical (unpaired) electrons. The number of aliphatic hydroxyl groups is 2. The molecule has 4 aliphatic rings. The van der Waals surface area contributed by atoms with Crippen molar-refractivity contribution in [3.05, 3.63) is 0 Å². The summed E-state index contributed by atoms with van der Waals surface area (Å²) in [5, 5.41) is 21.1. The lowest BCUT2D eigenvalue weighted by atomic mass is 9.44. The van der Waals surface area contributed by atoms with Crippen molar-refractivity contribution in [1.29, 1.82) is 0 Å². The van der Waals surface area contributed by atoms with E-state index in [0.717, 1.165) is 37.5 Å². The molecule has 4 fully saturated rings. The Morgan fingerprint density at radius 1 is 0.952 bits per heavy atom. The smallest absolute Gasteiger partial charge is 0.0581 e.